The van der Waals surface area contributed by atoms with Gasteiger partial charge in [-0.25, -0.2) is 0 Å². The average Bonchev–Trinajstić information content (AvgIpc) is 2.57. The Balaban J connectivity index is 1.84. The predicted molar refractivity (Wildman–Crippen MR) is 83.7 cm³/mol. The number of ketones is 1. The highest BCUT2D eigenvalue weighted by Gasteiger charge is 2.29. The zero-order chi connectivity index (χ0) is 16.4. The zero-order valence-corrected chi connectivity index (χ0v) is 13.0. The number of benzene rings is 1. The van der Waals surface area contributed by atoms with Gasteiger partial charge in [-0.2, -0.15) is 0 Å². The zero-order valence-electron chi connectivity index (χ0n) is 13.0. The minimum atomic E-state index is -0.276. The molecule has 23 heavy (non-hydrogen) atoms. The lowest BCUT2D eigenvalue weighted by Crippen LogP contribution is -2.51. The number of ether oxygens (including phenoxy) is 1. The summed E-state index contributed by atoms with van der Waals surface area (Å²) >= 11 is 0. The number of carbonyl (C=O) groups is 3. The molecule has 2 amide bonds. The topological polar surface area (TPSA) is 79.0 Å². The number of fused-ring (bicyclic) bond motifs is 1. The molecule has 1 N–H and O–H groups in total. The summed E-state index contributed by atoms with van der Waals surface area (Å²) < 4.78 is 5.39. The van der Waals surface area contributed by atoms with Gasteiger partial charge in [0.1, 0.15) is 12.3 Å². The van der Waals surface area contributed by atoms with Crippen LogP contribution < -0.4 is 15.0 Å². The molecule has 0 aromatic heterocycles. The molecule has 1 saturated heterocycles. The van der Waals surface area contributed by atoms with Gasteiger partial charge in [0.2, 0.25) is 5.91 Å². The van der Waals surface area contributed by atoms with E-state index in [0.717, 1.165) is 13.1 Å². The molecule has 122 valence electrons. The molecular formula is C16H19N3O4. The van der Waals surface area contributed by atoms with E-state index >= 15 is 0 Å². The molecule has 7 nitrogen and oxygen atoms in total. The molecule has 0 aliphatic carbocycles. The first-order valence-corrected chi connectivity index (χ1v) is 7.63. The Morgan fingerprint density at radius 2 is 2.00 bits per heavy atom. The molecule has 3 rings (SSSR count). The van der Waals surface area contributed by atoms with Crippen molar-refractivity contribution in [2.75, 3.05) is 44.2 Å². The lowest BCUT2D eigenvalue weighted by atomic mass is 10.1. The number of nitrogens with zero attached hydrogens (tertiary/aromatic N) is 2. The fourth-order valence-corrected chi connectivity index (χ4v) is 2.74. The molecule has 0 unspecified atom stereocenters. The second-order valence-corrected chi connectivity index (χ2v) is 5.64. The summed E-state index contributed by atoms with van der Waals surface area (Å²) in [6, 6.07) is 4.94. The second-order valence-electron chi connectivity index (χ2n) is 5.64. The first kappa shape index (κ1) is 15.5. The van der Waals surface area contributed by atoms with Crippen molar-refractivity contribution >= 4 is 23.3 Å². The van der Waals surface area contributed by atoms with Gasteiger partial charge in [0.05, 0.1) is 5.69 Å². The summed E-state index contributed by atoms with van der Waals surface area (Å²) in [4.78, 5) is 39.3. The summed E-state index contributed by atoms with van der Waals surface area (Å²) in [6.07, 6.45) is 0. The Bertz CT molecular complexity index is 653. The third-order valence-electron chi connectivity index (χ3n) is 4.07. The first-order chi connectivity index (χ1) is 11.1. The second kappa shape index (κ2) is 6.37. The van der Waals surface area contributed by atoms with Crippen LogP contribution in [0.1, 0.15) is 17.3 Å². The molecule has 0 radical (unpaired) electrons. The smallest absolute Gasteiger partial charge is 0.265 e. The Morgan fingerprint density at radius 3 is 2.70 bits per heavy atom. The Morgan fingerprint density at radius 1 is 1.26 bits per heavy atom. The molecular weight excluding hydrogens is 298 g/mol. The van der Waals surface area contributed by atoms with E-state index in [2.05, 4.69) is 5.32 Å². The van der Waals surface area contributed by atoms with Gasteiger partial charge in [0.25, 0.3) is 5.91 Å². The summed E-state index contributed by atoms with van der Waals surface area (Å²) in [7, 11) is 0. The maximum Gasteiger partial charge on any atom is 0.265 e. The fraction of sp³-hybridized carbons (Fsp3) is 0.438. The highest BCUT2D eigenvalue weighted by Crippen LogP contribution is 2.33. The maximum atomic E-state index is 12.4. The molecule has 2 aliphatic heterocycles. The summed E-state index contributed by atoms with van der Waals surface area (Å²) in [5.74, 6) is 0.0459. The van der Waals surface area contributed by atoms with Gasteiger partial charge in [-0.05, 0) is 25.1 Å². The number of hydrogen-bond acceptors (Lipinski definition) is 5. The normalized spacial score (nSPS) is 17.5. The van der Waals surface area contributed by atoms with Gasteiger partial charge in [0, 0.05) is 31.7 Å². The number of piperazine rings is 1. The molecule has 0 spiro atoms. The number of carbonyl (C=O) groups excluding carboxylic acids is 3. The van der Waals surface area contributed by atoms with Crippen LogP contribution in [0.3, 0.4) is 0 Å². The van der Waals surface area contributed by atoms with Crippen molar-refractivity contribution in [3.8, 4) is 5.75 Å². The molecule has 0 atom stereocenters. The van der Waals surface area contributed by atoms with Gasteiger partial charge in [-0.3, -0.25) is 19.3 Å². The third kappa shape index (κ3) is 3.19. The maximum absolute atomic E-state index is 12.4. The van der Waals surface area contributed by atoms with E-state index < -0.39 is 0 Å². The van der Waals surface area contributed by atoms with Crippen molar-refractivity contribution in [2.24, 2.45) is 0 Å². The van der Waals surface area contributed by atoms with E-state index in [1.54, 1.807) is 23.1 Å². The number of rotatable bonds is 3. The Hall–Kier alpha value is -2.41. The van der Waals surface area contributed by atoms with E-state index in [4.69, 9.17) is 4.74 Å². The van der Waals surface area contributed by atoms with E-state index in [0.29, 0.717) is 30.1 Å². The van der Waals surface area contributed by atoms with Crippen LogP contribution in [0.15, 0.2) is 18.2 Å². The quantitative estimate of drug-likeness (QED) is 0.797. The van der Waals surface area contributed by atoms with Crippen molar-refractivity contribution in [1.29, 1.82) is 0 Å². The van der Waals surface area contributed by atoms with Crippen LogP contribution in [0.5, 0.6) is 5.75 Å². The number of anilines is 1. The van der Waals surface area contributed by atoms with Crippen LogP contribution >= 0.6 is 0 Å². The molecule has 1 aromatic rings. The monoisotopic (exact) mass is 317 g/mol. The Kier molecular flexibility index (Phi) is 4.29. The lowest BCUT2D eigenvalue weighted by molar-refractivity contribution is -0.132. The summed E-state index contributed by atoms with van der Waals surface area (Å²) in [6.45, 7) is 4.12. The number of hydrogen-bond donors (Lipinski definition) is 1. The molecule has 0 bridgehead atoms. The van der Waals surface area contributed by atoms with Crippen molar-refractivity contribution in [3.63, 3.8) is 0 Å². The van der Waals surface area contributed by atoms with Crippen LogP contribution in [0, 0.1) is 0 Å². The van der Waals surface area contributed by atoms with Crippen LogP contribution in [0.2, 0.25) is 0 Å². The predicted octanol–water partition coefficient (Wildman–Crippen LogP) is 0.0464. The van der Waals surface area contributed by atoms with Gasteiger partial charge >= 0.3 is 0 Å². The highest BCUT2D eigenvalue weighted by molar-refractivity contribution is 6.04. The molecule has 2 heterocycles. The van der Waals surface area contributed by atoms with Crippen LogP contribution in [0.4, 0.5) is 5.69 Å². The number of Topliss-reactive ketones (excluding diaryl/α,β-unsaturated/α-hetero) is 1. The van der Waals surface area contributed by atoms with Gasteiger partial charge in [-0.1, -0.05) is 0 Å². The third-order valence-corrected chi connectivity index (χ3v) is 4.07. The molecule has 1 aromatic carbocycles. The average molecular weight is 317 g/mol. The van der Waals surface area contributed by atoms with E-state index in [1.165, 1.54) is 11.8 Å². The standard InChI is InChI=1S/C16H19N3O4/c1-11(20)12-2-3-14-13(8-12)19(16(22)10-23-14)9-15(21)18-6-4-17-5-7-18/h2-3,8,17H,4-7,9-10H2,1H3. The van der Waals surface area contributed by atoms with Crippen LogP contribution in [0.25, 0.3) is 0 Å². The number of amides is 2. The highest BCUT2D eigenvalue weighted by atomic mass is 16.5. The van der Waals surface area contributed by atoms with Crippen LogP contribution in [-0.4, -0.2) is 61.8 Å². The minimum absolute atomic E-state index is 0.0312. The molecule has 7 heteroatoms. The van der Waals surface area contributed by atoms with Gasteiger partial charge in [-0.15, -0.1) is 0 Å². The van der Waals surface area contributed by atoms with Gasteiger partial charge < -0.3 is 15.0 Å². The largest absolute Gasteiger partial charge is 0.482 e. The van der Waals surface area contributed by atoms with E-state index in [9.17, 15) is 14.4 Å². The molecule has 0 saturated carbocycles. The Labute approximate surface area is 134 Å². The SMILES string of the molecule is CC(=O)c1ccc2c(c1)N(CC(=O)N1CCNCC1)C(=O)CO2. The van der Waals surface area contributed by atoms with E-state index in [1.807, 2.05) is 0 Å². The summed E-state index contributed by atoms with van der Waals surface area (Å²) in [5, 5.41) is 3.19. The molecule has 1 fully saturated rings. The van der Waals surface area contributed by atoms with Crippen molar-refractivity contribution in [2.45, 2.75) is 6.92 Å². The molecule has 2 aliphatic rings. The summed E-state index contributed by atoms with van der Waals surface area (Å²) in [5.41, 5.74) is 0.971. The van der Waals surface area contributed by atoms with Crippen molar-refractivity contribution in [1.82, 2.24) is 10.2 Å². The lowest BCUT2D eigenvalue weighted by Gasteiger charge is -2.33. The van der Waals surface area contributed by atoms with E-state index in [-0.39, 0.29) is 30.7 Å². The number of nitrogens with one attached hydrogen (secondary N) is 1. The van der Waals surface area contributed by atoms with Crippen molar-refractivity contribution < 1.29 is 19.1 Å². The van der Waals surface area contributed by atoms with Gasteiger partial charge in [0.15, 0.2) is 12.4 Å². The first-order valence-electron chi connectivity index (χ1n) is 7.63. The minimum Gasteiger partial charge on any atom is -0.482 e. The fourth-order valence-electron chi connectivity index (χ4n) is 2.74. The van der Waals surface area contributed by atoms with Crippen molar-refractivity contribution in [3.05, 3.63) is 23.8 Å². The van der Waals surface area contributed by atoms with Crippen LogP contribution in [-0.2, 0) is 9.59 Å².